The van der Waals surface area contributed by atoms with Gasteiger partial charge in [0.15, 0.2) is 5.96 Å². The summed E-state index contributed by atoms with van der Waals surface area (Å²) in [6, 6.07) is 8.20. The van der Waals surface area contributed by atoms with Crippen LogP contribution in [0.5, 0.6) is 0 Å². The van der Waals surface area contributed by atoms with Gasteiger partial charge in [0, 0.05) is 37.1 Å². The molecule has 0 radical (unpaired) electrons. The van der Waals surface area contributed by atoms with Crippen LogP contribution in [-0.4, -0.2) is 49.1 Å². The van der Waals surface area contributed by atoms with E-state index in [4.69, 9.17) is 4.99 Å². The molecule has 1 saturated heterocycles. The number of rotatable bonds is 6. The third-order valence-corrected chi connectivity index (χ3v) is 5.52. The molecule has 0 unspecified atom stereocenters. The van der Waals surface area contributed by atoms with Gasteiger partial charge in [0.1, 0.15) is 5.82 Å². The van der Waals surface area contributed by atoms with Crippen LogP contribution in [0.4, 0.5) is 4.39 Å². The van der Waals surface area contributed by atoms with Gasteiger partial charge in [-0.3, -0.25) is 4.99 Å². The zero-order valence-corrected chi connectivity index (χ0v) is 16.4. The highest BCUT2D eigenvalue weighted by molar-refractivity contribution is 5.80. The molecule has 1 aliphatic carbocycles. The number of hydrogen-bond acceptors (Lipinski definition) is 2. The number of likely N-dealkylation sites (tertiary alicyclic amines) is 1. The Bertz CT molecular complexity index is 616. The third kappa shape index (κ3) is 5.19. The Hall–Kier alpha value is -1.62. The number of benzene rings is 1. The number of halogens is 1. The zero-order valence-electron chi connectivity index (χ0n) is 16.4. The molecule has 1 heterocycles. The Morgan fingerprint density at radius 2 is 1.96 bits per heavy atom. The molecular weight excluding hydrogens is 327 g/mol. The first kappa shape index (κ1) is 19.2. The van der Waals surface area contributed by atoms with Crippen LogP contribution < -0.4 is 10.6 Å². The summed E-state index contributed by atoms with van der Waals surface area (Å²) in [4.78, 5) is 7.44. The van der Waals surface area contributed by atoms with Gasteiger partial charge in [-0.25, -0.2) is 4.39 Å². The summed E-state index contributed by atoms with van der Waals surface area (Å²) in [7, 11) is 0. The molecule has 2 fully saturated rings. The Morgan fingerprint density at radius 3 is 2.58 bits per heavy atom. The molecule has 2 aliphatic rings. The largest absolute Gasteiger partial charge is 0.357 e. The fourth-order valence-corrected chi connectivity index (χ4v) is 3.64. The van der Waals surface area contributed by atoms with Gasteiger partial charge in [-0.05, 0) is 50.3 Å². The van der Waals surface area contributed by atoms with Crippen LogP contribution in [0.15, 0.2) is 29.3 Å². The zero-order chi connectivity index (χ0) is 18.6. The lowest BCUT2D eigenvalue weighted by molar-refractivity contribution is 0.197. The molecule has 2 N–H and O–H groups in total. The molecule has 4 nitrogen and oxygen atoms in total. The lowest BCUT2D eigenvalue weighted by Gasteiger charge is -2.33. The summed E-state index contributed by atoms with van der Waals surface area (Å²) >= 11 is 0. The van der Waals surface area contributed by atoms with Gasteiger partial charge in [-0.15, -0.1) is 0 Å². The van der Waals surface area contributed by atoms with Crippen molar-refractivity contribution < 1.29 is 4.39 Å². The molecule has 0 bridgehead atoms. The van der Waals surface area contributed by atoms with Crippen LogP contribution in [-0.2, 0) is 5.41 Å². The van der Waals surface area contributed by atoms with Gasteiger partial charge in [0.05, 0.1) is 6.54 Å². The molecule has 5 heteroatoms. The number of nitrogens with zero attached hydrogens (tertiary/aromatic N) is 2. The van der Waals surface area contributed by atoms with Crippen LogP contribution in [0.3, 0.4) is 0 Å². The third-order valence-electron chi connectivity index (χ3n) is 5.52. The van der Waals surface area contributed by atoms with Crippen molar-refractivity contribution in [3.05, 3.63) is 35.6 Å². The second-order valence-electron chi connectivity index (χ2n) is 8.28. The van der Waals surface area contributed by atoms with Gasteiger partial charge in [-0.2, -0.15) is 0 Å². The van der Waals surface area contributed by atoms with E-state index in [1.165, 1.54) is 44.8 Å². The first-order valence-corrected chi connectivity index (χ1v) is 10.0. The smallest absolute Gasteiger partial charge is 0.191 e. The minimum atomic E-state index is -0.209. The fraction of sp³-hybridized carbons (Fsp3) is 0.667. The SMILES string of the molecule is CCNC(=NCC(C)(C)c1cccc(F)c1)NC1CCN(C2CC2)CC1. The van der Waals surface area contributed by atoms with Gasteiger partial charge in [0.2, 0.25) is 0 Å². The number of hydrogen-bond donors (Lipinski definition) is 2. The monoisotopic (exact) mass is 360 g/mol. The Labute approximate surface area is 157 Å². The second kappa shape index (κ2) is 8.38. The fourth-order valence-electron chi connectivity index (χ4n) is 3.64. The maximum atomic E-state index is 13.6. The number of guanidine groups is 1. The van der Waals surface area contributed by atoms with Crippen LogP contribution in [0.25, 0.3) is 0 Å². The van der Waals surface area contributed by atoms with Crippen LogP contribution >= 0.6 is 0 Å². The number of nitrogens with one attached hydrogen (secondary N) is 2. The van der Waals surface area contributed by atoms with E-state index in [1.807, 2.05) is 6.07 Å². The molecular formula is C21H33FN4. The molecule has 0 atom stereocenters. The van der Waals surface area contributed by atoms with Crippen molar-refractivity contribution in [3.63, 3.8) is 0 Å². The average molecular weight is 361 g/mol. The van der Waals surface area contributed by atoms with Gasteiger partial charge >= 0.3 is 0 Å². The van der Waals surface area contributed by atoms with Crippen molar-refractivity contribution in [2.45, 2.75) is 64.0 Å². The molecule has 1 aromatic rings. The van der Waals surface area contributed by atoms with Crippen molar-refractivity contribution in [1.82, 2.24) is 15.5 Å². The molecule has 26 heavy (non-hydrogen) atoms. The van der Waals surface area contributed by atoms with E-state index in [2.05, 4.69) is 36.3 Å². The summed E-state index contributed by atoms with van der Waals surface area (Å²) in [6.07, 6.45) is 5.12. The van der Waals surface area contributed by atoms with E-state index in [1.54, 1.807) is 12.1 Å². The summed E-state index contributed by atoms with van der Waals surface area (Å²) in [5, 5.41) is 6.97. The predicted molar refractivity (Wildman–Crippen MR) is 106 cm³/mol. The highest BCUT2D eigenvalue weighted by Crippen LogP contribution is 2.29. The van der Waals surface area contributed by atoms with Crippen LogP contribution in [0.2, 0.25) is 0 Å². The summed E-state index contributed by atoms with van der Waals surface area (Å²) in [5.74, 6) is 0.689. The van der Waals surface area contributed by atoms with E-state index >= 15 is 0 Å². The summed E-state index contributed by atoms with van der Waals surface area (Å²) in [5.41, 5.74) is 0.773. The minimum Gasteiger partial charge on any atom is -0.357 e. The maximum Gasteiger partial charge on any atom is 0.191 e. The molecule has 0 spiro atoms. The second-order valence-corrected chi connectivity index (χ2v) is 8.28. The highest BCUT2D eigenvalue weighted by Gasteiger charge is 2.32. The quantitative estimate of drug-likeness (QED) is 0.604. The number of piperidine rings is 1. The van der Waals surface area contributed by atoms with E-state index in [-0.39, 0.29) is 11.2 Å². The maximum absolute atomic E-state index is 13.6. The van der Waals surface area contributed by atoms with E-state index in [0.717, 1.165) is 24.1 Å². The normalized spacial score (nSPS) is 20.2. The van der Waals surface area contributed by atoms with E-state index in [9.17, 15) is 4.39 Å². The van der Waals surface area contributed by atoms with Crippen molar-refractivity contribution in [1.29, 1.82) is 0 Å². The lowest BCUT2D eigenvalue weighted by Crippen LogP contribution is -2.49. The Balaban J connectivity index is 1.57. The van der Waals surface area contributed by atoms with Gasteiger partial charge in [0.25, 0.3) is 0 Å². The van der Waals surface area contributed by atoms with Crippen molar-refractivity contribution in [2.75, 3.05) is 26.2 Å². The van der Waals surface area contributed by atoms with E-state index in [0.29, 0.717) is 12.6 Å². The van der Waals surface area contributed by atoms with Crippen molar-refractivity contribution in [2.24, 2.45) is 4.99 Å². The molecule has 1 aliphatic heterocycles. The van der Waals surface area contributed by atoms with Crippen molar-refractivity contribution >= 4 is 5.96 Å². The first-order chi connectivity index (χ1) is 12.5. The minimum absolute atomic E-state index is 0.188. The molecule has 0 amide bonds. The lowest BCUT2D eigenvalue weighted by atomic mass is 9.85. The summed E-state index contributed by atoms with van der Waals surface area (Å²) in [6.45, 7) is 10.2. The molecule has 144 valence electrons. The molecule has 1 aromatic carbocycles. The number of aliphatic imine (C=N–C) groups is 1. The Kier molecular flexibility index (Phi) is 6.17. The standard InChI is InChI=1S/C21H33FN4/c1-4-23-20(25-18-10-12-26(13-11-18)19-8-9-19)24-15-21(2,3)16-6-5-7-17(22)14-16/h5-7,14,18-19H,4,8-13,15H2,1-3H3,(H2,23,24,25). The van der Waals surface area contributed by atoms with Gasteiger partial charge < -0.3 is 15.5 Å². The van der Waals surface area contributed by atoms with Crippen LogP contribution in [0.1, 0.15) is 52.0 Å². The topological polar surface area (TPSA) is 39.7 Å². The molecule has 1 saturated carbocycles. The average Bonchev–Trinajstić information content (AvgIpc) is 3.46. The molecule has 0 aromatic heterocycles. The predicted octanol–water partition coefficient (Wildman–Crippen LogP) is 3.29. The molecule has 3 rings (SSSR count). The first-order valence-electron chi connectivity index (χ1n) is 10.0. The van der Waals surface area contributed by atoms with Crippen LogP contribution in [0, 0.1) is 5.82 Å². The van der Waals surface area contributed by atoms with Crippen molar-refractivity contribution in [3.8, 4) is 0 Å². The highest BCUT2D eigenvalue weighted by atomic mass is 19.1. The van der Waals surface area contributed by atoms with Gasteiger partial charge in [-0.1, -0.05) is 26.0 Å². The summed E-state index contributed by atoms with van der Waals surface area (Å²) < 4.78 is 13.6. The van der Waals surface area contributed by atoms with E-state index < -0.39 is 0 Å². The Morgan fingerprint density at radius 1 is 1.23 bits per heavy atom.